The number of benzene rings is 3. The van der Waals surface area contributed by atoms with Crippen LogP contribution >= 0.6 is 79.5 Å². The Labute approximate surface area is 266 Å². The summed E-state index contributed by atoms with van der Waals surface area (Å²) in [6, 6.07) is 20.1. The fourth-order valence-electron chi connectivity index (χ4n) is 4.27. The van der Waals surface area contributed by atoms with Crippen molar-refractivity contribution in [2.45, 2.75) is 19.6 Å². The van der Waals surface area contributed by atoms with Crippen molar-refractivity contribution in [3.63, 3.8) is 0 Å². The number of thioether (sulfide) groups is 1. The van der Waals surface area contributed by atoms with Crippen LogP contribution in [0.2, 0.25) is 0 Å². The van der Waals surface area contributed by atoms with Crippen LogP contribution in [0.15, 0.2) is 65.6 Å². The highest BCUT2D eigenvalue weighted by Crippen LogP contribution is 2.35. The van der Waals surface area contributed by atoms with Crippen molar-refractivity contribution >= 4 is 103 Å². The number of carbonyl (C=O) groups is 3. The molecule has 3 amide bonds. The Balaban J connectivity index is 1.25. The minimum absolute atomic E-state index is 0.221. The lowest BCUT2D eigenvalue weighted by Gasteiger charge is -2.29. The minimum Gasteiger partial charge on any atom is -0.487 e. The second-order valence-electron chi connectivity index (χ2n) is 8.83. The second kappa shape index (κ2) is 12.3. The third kappa shape index (κ3) is 6.39. The van der Waals surface area contributed by atoms with Gasteiger partial charge in [0.2, 0.25) is 5.91 Å². The van der Waals surface area contributed by atoms with E-state index in [2.05, 4.69) is 73.8 Å². The Morgan fingerprint density at radius 3 is 2.37 bits per heavy atom. The van der Waals surface area contributed by atoms with Crippen LogP contribution in [0, 0.1) is 10.7 Å². The number of ether oxygens (including phenoxy) is 1. The third-order valence-corrected chi connectivity index (χ3v) is 9.49. The molecule has 3 aromatic carbocycles. The highest BCUT2D eigenvalue weighted by molar-refractivity contribution is 14.1. The molecule has 0 bridgehead atoms. The first kappa shape index (κ1) is 27.9. The van der Waals surface area contributed by atoms with E-state index in [1.54, 1.807) is 11.0 Å². The van der Waals surface area contributed by atoms with E-state index in [4.69, 9.17) is 4.74 Å². The first-order valence-corrected chi connectivity index (χ1v) is 15.8. The molecule has 0 radical (unpaired) electrons. The average molecular weight is 862 g/mol. The Kier molecular flexibility index (Phi) is 8.99. The highest BCUT2D eigenvalue weighted by Gasteiger charge is 2.37. The molecule has 0 aromatic heterocycles. The van der Waals surface area contributed by atoms with Gasteiger partial charge in [0.1, 0.15) is 18.9 Å². The number of hydrogen-bond donors (Lipinski definition) is 0. The molecule has 38 heavy (non-hydrogen) atoms. The van der Waals surface area contributed by atoms with Crippen molar-refractivity contribution in [3.05, 3.63) is 98.5 Å². The van der Waals surface area contributed by atoms with Crippen LogP contribution in [0.4, 0.5) is 4.79 Å². The number of hydrogen-bond acceptors (Lipinski definition) is 5. The summed E-state index contributed by atoms with van der Waals surface area (Å²) in [5, 5.41) is -0.422. The van der Waals surface area contributed by atoms with Gasteiger partial charge in [-0.3, -0.25) is 19.3 Å². The van der Waals surface area contributed by atoms with Crippen molar-refractivity contribution in [2.75, 3.05) is 13.1 Å². The van der Waals surface area contributed by atoms with Crippen LogP contribution in [-0.2, 0) is 29.2 Å². The van der Waals surface area contributed by atoms with Crippen molar-refractivity contribution in [1.29, 1.82) is 0 Å². The molecule has 0 spiro atoms. The third-order valence-electron chi connectivity index (χ3n) is 6.27. The molecule has 194 valence electrons. The maximum absolute atomic E-state index is 13.1. The predicted molar refractivity (Wildman–Crippen MR) is 174 cm³/mol. The van der Waals surface area contributed by atoms with Gasteiger partial charge in [0, 0.05) is 16.7 Å². The van der Waals surface area contributed by atoms with Crippen LogP contribution in [-0.4, -0.2) is 39.9 Å². The Hall–Kier alpha value is -1.65. The molecule has 0 saturated carbocycles. The molecule has 0 atom stereocenters. The summed E-state index contributed by atoms with van der Waals surface area (Å²) in [6.45, 7) is 1.29. The number of imide groups is 1. The Bertz CT molecular complexity index is 1440. The average Bonchev–Trinajstić information content (AvgIpc) is 3.16. The number of nitrogens with zero attached hydrogens (tertiary/aromatic N) is 2. The molecule has 5 rings (SSSR count). The van der Waals surface area contributed by atoms with Gasteiger partial charge < -0.3 is 9.64 Å². The van der Waals surface area contributed by atoms with Gasteiger partial charge in [0.15, 0.2) is 0 Å². The lowest BCUT2D eigenvalue weighted by Crippen LogP contribution is -2.44. The Morgan fingerprint density at radius 2 is 1.66 bits per heavy atom. The van der Waals surface area contributed by atoms with E-state index < -0.39 is 11.1 Å². The molecule has 3 aromatic rings. The molecule has 10 heteroatoms. The maximum Gasteiger partial charge on any atom is 0.294 e. The van der Waals surface area contributed by atoms with Gasteiger partial charge in [-0.2, -0.15) is 0 Å². The Morgan fingerprint density at radius 1 is 0.974 bits per heavy atom. The standard InChI is InChI=1S/C28H21I3N2O4S/c29-21-7-5-17(6-8-21)16-37-26-22(30)11-18(12-23(26)31)13-24-27(35)33(28(36)38-24)15-25(34)32-10-9-19-3-1-2-4-20(19)14-32/h1-8,11-13H,9-10,14-16H2/b24-13-. The maximum atomic E-state index is 13.1. The second-order valence-corrected chi connectivity index (χ2v) is 13.4. The van der Waals surface area contributed by atoms with E-state index in [9.17, 15) is 14.4 Å². The quantitative estimate of drug-likeness (QED) is 0.204. The number of fused-ring (bicyclic) bond motifs is 1. The molecule has 0 aliphatic carbocycles. The topological polar surface area (TPSA) is 66.9 Å². The lowest BCUT2D eigenvalue weighted by molar-refractivity contribution is -0.136. The largest absolute Gasteiger partial charge is 0.487 e. The molecule has 2 aliphatic heterocycles. The first-order valence-electron chi connectivity index (χ1n) is 11.7. The van der Waals surface area contributed by atoms with Gasteiger partial charge in [-0.1, -0.05) is 36.4 Å². The summed E-state index contributed by atoms with van der Waals surface area (Å²) < 4.78 is 9.07. The van der Waals surface area contributed by atoms with E-state index in [-0.39, 0.29) is 12.5 Å². The van der Waals surface area contributed by atoms with Crippen LogP contribution in [0.1, 0.15) is 22.3 Å². The van der Waals surface area contributed by atoms with E-state index in [1.165, 1.54) is 9.13 Å². The van der Waals surface area contributed by atoms with Crippen LogP contribution < -0.4 is 4.74 Å². The molecule has 2 aliphatic rings. The molecular weight excluding hydrogens is 841 g/mol. The van der Waals surface area contributed by atoms with Crippen molar-refractivity contribution in [2.24, 2.45) is 0 Å². The predicted octanol–water partition coefficient (Wildman–Crippen LogP) is 6.70. The number of rotatable bonds is 6. The molecule has 6 nitrogen and oxygen atoms in total. The van der Waals surface area contributed by atoms with E-state index >= 15 is 0 Å². The zero-order valence-electron chi connectivity index (χ0n) is 20.0. The van der Waals surface area contributed by atoms with Crippen LogP contribution in [0.5, 0.6) is 5.75 Å². The van der Waals surface area contributed by atoms with Crippen molar-refractivity contribution in [1.82, 2.24) is 9.80 Å². The summed E-state index contributed by atoms with van der Waals surface area (Å²) in [4.78, 5) is 41.8. The molecule has 2 heterocycles. The van der Waals surface area contributed by atoms with Gasteiger partial charge in [0.25, 0.3) is 11.1 Å². The zero-order valence-corrected chi connectivity index (χ0v) is 27.2. The molecule has 0 N–H and O–H groups in total. The van der Waals surface area contributed by atoms with Crippen molar-refractivity contribution < 1.29 is 19.1 Å². The highest BCUT2D eigenvalue weighted by atomic mass is 127. The van der Waals surface area contributed by atoms with E-state index in [0.717, 1.165) is 52.7 Å². The fraction of sp³-hybridized carbons (Fsp3) is 0.179. The van der Waals surface area contributed by atoms with Gasteiger partial charge in [0.05, 0.1) is 12.0 Å². The van der Waals surface area contributed by atoms with E-state index in [1.807, 2.05) is 54.6 Å². The van der Waals surface area contributed by atoms with Crippen LogP contribution in [0.3, 0.4) is 0 Å². The molecule has 0 unspecified atom stereocenters. The van der Waals surface area contributed by atoms with Crippen LogP contribution in [0.25, 0.3) is 6.08 Å². The van der Waals surface area contributed by atoms with Gasteiger partial charge in [-0.15, -0.1) is 0 Å². The van der Waals surface area contributed by atoms with Gasteiger partial charge in [-0.25, -0.2) is 0 Å². The van der Waals surface area contributed by atoms with Crippen molar-refractivity contribution in [3.8, 4) is 5.75 Å². The number of amides is 3. The molecule has 1 fully saturated rings. The zero-order chi connectivity index (χ0) is 26.8. The molecule has 1 saturated heterocycles. The summed E-state index contributed by atoms with van der Waals surface area (Å²) in [5.74, 6) is 0.125. The normalized spacial score (nSPS) is 16.2. The molecular formula is C28H21I3N2O4S. The SMILES string of the molecule is O=C(CN1C(=O)S/C(=C\c2cc(I)c(OCc3ccc(I)cc3)c(I)c2)C1=O)N1CCc2ccccc2C1. The fourth-order valence-corrected chi connectivity index (χ4v) is 7.59. The summed E-state index contributed by atoms with van der Waals surface area (Å²) in [5.41, 5.74) is 4.22. The van der Waals surface area contributed by atoms with E-state index in [0.29, 0.717) is 24.6 Å². The summed E-state index contributed by atoms with van der Waals surface area (Å²) in [6.07, 6.45) is 2.48. The summed E-state index contributed by atoms with van der Waals surface area (Å²) >= 11 is 7.58. The van der Waals surface area contributed by atoms with Gasteiger partial charge in [-0.05, 0) is 139 Å². The first-order chi connectivity index (χ1) is 18.3. The smallest absolute Gasteiger partial charge is 0.294 e. The monoisotopic (exact) mass is 862 g/mol. The van der Waals surface area contributed by atoms with Gasteiger partial charge >= 0.3 is 0 Å². The minimum atomic E-state index is -0.435. The summed E-state index contributed by atoms with van der Waals surface area (Å²) in [7, 11) is 0. The number of carbonyl (C=O) groups excluding carboxylic acids is 3. The number of halogens is 3. The lowest BCUT2D eigenvalue weighted by atomic mass is 10.00.